The van der Waals surface area contributed by atoms with Crippen molar-refractivity contribution in [1.82, 2.24) is 4.72 Å². The summed E-state index contributed by atoms with van der Waals surface area (Å²) in [5.41, 5.74) is 2.41. The standard InChI is InChI=1S/C16H18BrNO2S/c1-2-13-7-9-14(10-8-13)11-12-18-21(19,20)16-6-4-3-5-15(16)17/h3-10,18H,2,11-12H2,1H3. The van der Waals surface area contributed by atoms with E-state index in [1.165, 1.54) is 5.56 Å². The van der Waals surface area contributed by atoms with E-state index in [0.29, 0.717) is 17.4 Å². The lowest BCUT2D eigenvalue weighted by Crippen LogP contribution is -2.26. The number of rotatable bonds is 6. The molecule has 0 unspecified atom stereocenters. The van der Waals surface area contributed by atoms with Crippen molar-refractivity contribution < 1.29 is 8.42 Å². The first-order chi connectivity index (χ1) is 10.0. The van der Waals surface area contributed by atoms with Gasteiger partial charge in [0.2, 0.25) is 10.0 Å². The third-order valence-electron chi connectivity index (χ3n) is 3.26. The zero-order chi connectivity index (χ0) is 15.3. The van der Waals surface area contributed by atoms with E-state index in [1.54, 1.807) is 24.3 Å². The van der Waals surface area contributed by atoms with E-state index < -0.39 is 10.0 Å². The molecule has 0 radical (unpaired) electrons. The molecule has 0 saturated heterocycles. The van der Waals surface area contributed by atoms with Crippen LogP contribution in [0.15, 0.2) is 57.9 Å². The first kappa shape index (κ1) is 16.2. The molecule has 21 heavy (non-hydrogen) atoms. The Morgan fingerprint density at radius 2 is 1.62 bits per heavy atom. The van der Waals surface area contributed by atoms with Crippen molar-refractivity contribution in [2.45, 2.75) is 24.7 Å². The number of hydrogen-bond donors (Lipinski definition) is 1. The minimum absolute atomic E-state index is 0.270. The zero-order valence-electron chi connectivity index (χ0n) is 11.8. The van der Waals surface area contributed by atoms with Crippen molar-refractivity contribution in [3.8, 4) is 0 Å². The second kappa shape index (κ2) is 7.20. The van der Waals surface area contributed by atoms with Crippen LogP contribution < -0.4 is 4.72 Å². The number of aryl methyl sites for hydroxylation is 1. The Hall–Kier alpha value is -1.17. The summed E-state index contributed by atoms with van der Waals surface area (Å²) in [5, 5.41) is 0. The van der Waals surface area contributed by atoms with Crippen molar-refractivity contribution in [3.05, 3.63) is 64.1 Å². The monoisotopic (exact) mass is 367 g/mol. The van der Waals surface area contributed by atoms with Crippen LogP contribution in [0.3, 0.4) is 0 Å². The molecule has 3 nitrogen and oxygen atoms in total. The number of sulfonamides is 1. The molecule has 0 amide bonds. The number of hydrogen-bond acceptors (Lipinski definition) is 2. The maximum Gasteiger partial charge on any atom is 0.241 e. The molecule has 0 aromatic heterocycles. The van der Waals surface area contributed by atoms with E-state index in [2.05, 4.69) is 39.7 Å². The lowest BCUT2D eigenvalue weighted by atomic mass is 10.1. The molecule has 0 atom stereocenters. The first-order valence-electron chi connectivity index (χ1n) is 6.85. The molecular weight excluding hydrogens is 350 g/mol. The van der Waals surface area contributed by atoms with Crippen molar-refractivity contribution in [2.24, 2.45) is 0 Å². The molecule has 0 aliphatic rings. The molecule has 0 heterocycles. The fourth-order valence-corrected chi connectivity index (χ4v) is 4.04. The van der Waals surface area contributed by atoms with Crippen molar-refractivity contribution in [1.29, 1.82) is 0 Å². The second-order valence-corrected chi connectivity index (χ2v) is 7.34. The molecular formula is C16H18BrNO2S. The number of benzene rings is 2. The van der Waals surface area contributed by atoms with Crippen LogP contribution in [0.4, 0.5) is 0 Å². The predicted octanol–water partition coefficient (Wildman–Crippen LogP) is 3.53. The number of nitrogens with one attached hydrogen (secondary N) is 1. The van der Waals surface area contributed by atoms with Gasteiger partial charge < -0.3 is 0 Å². The third kappa shape index (κ3) is 4.40. The normalized spacial score (nSPS) is 11.5. The molecule has 0 aliphatic carbocycles. The summed E-state index contributed by atoms with van der Waals surface area (Å²) >= 11 is 3.27. The molecule has 112 valence electrons. The van der Waals surface area contributed by atoms with E-state index >= 15 is 0 Å². The summed E-state index contributed by atoms with van der Waals surface area (Å²) in [4.78, 5) is 0.270. The van der Waals surface area contributed by atoms with Gasteiger partial charge in [-0.25, -0.2) is 13.1 Å². The highest BCUT2D eigenvalue weighted by Gasteiger charge is 2.16. The lowest BCUT2D eigenvalue weighted by molar-refractivity contribution is 0.581. The molecule has 0 saturated carbocycles. The maximum absolute atomic E-state index is 12.2. The number of halogens is 1. The average Bonchev–Trinajstić information content (AvgIpc) is 2.48. The molecule has 5 heteroatoms. The Kier molecular flexibility index (Phi) is 5.56. The highest BCUT2D eigenvalue weighted by atomic mass is 79.9. The van der Waals surface area contributed by atoms with Gasteiger partial charge in [0, 0.05) is 11.0 Å². The quantitative estimate of drug-likeness (QED) is 0.848. The third-order valence-corrected chi connectivity index (χ3v) is 5.74. The topological polar surface area (TPSA) is 46.2 Å². The highest BCUT2D eigenvalue weighted by molar-refractivity contribution is 9.10. The first-order valence-corrected chi connectivity index (χ1v) is 9.12. The van der Waals surface area contributed by atoms with Gasteiger partial charge in [0.15, 0.2) is 0 Å². The van der Waals surface area contributed by atoms with Gasteiger partial charge in [-0.3, -0.25) is 0 Å². The van der Waals surface area contributed by atoms with Crippen molar-refractivity contribution in [3.63, 3.8) is 0 Å². The Morgan fingerprint density at radius 1 is 1.00 bits per heavy atom. The summed E-state index contributed by atoms with van der Waals surface area (Å²) in [6.07, 6.45) is 1.68. The SMILES string of the molecule is CCc1ccc(CCNS(=O)(=O)c2ccccc2Br)cc1. The van der Waals surface area contributed by atoms with Gasteiger partial charge in [-0.2, -0.15) is 0 Å². The molecule has 1 N–H and O–H groups in total. The van der Waals surface area contributed by atoms with Gasteiger partial charge >= 0.3 is 0 Å². The molecule has 0 spiro atoms. The minimum Gasteiger partial charge on any atom is -0.211 e. The van der Waals surface area contributed by atoms with E-state index in [4.69, 9.17) is 0 Å². The van der Waals surface area contributed by atoms with Gasteiger partial charge in [-0.05, 0) is 52.0 Å². The molecule has 2 rings (SSSR count). The summed E-state index contributed by atoms with van der Waals surface area (Å²) in [5.74, 6) is 0. The Morgan fingerprint density at radius 3 is 2.24 bits per heavy atom. The van der Waals surface area contributed by atoms with Crippen LogP contribution >= 0.6 is 15.9 Å². The van der Waals surface area contributed by atoms with Crippen LogP contribution in [0, 0.1) is 0 Å². The van der Waals surface area contributed by atoms with E-state index in [0.717, 1.165) is 12.0 Å². The maximum atomic E-state index is 12.2. The van der Waals surface area contributed by atoms with Crippen molar-refractivity contribution >= 4 is 26.0 Å². The molecule has 0 aliphatic heterocycles. The smallest absolute Gasteiger partial charge is 0.211 e. The summed E-state index contributed by atoms with van der Waals surface area (Å²) < 4.78 is 27.6. The fraction of sp³-hybridized carbons (Fsp3) is 0.250. The lowest BCUT2D eigenvalue weighted by Gasteiger charge is -2.08. The second-order valence-electron chi connectivity index (χ2n) is 4.75. The van der Waals surface area contributed by atoms with Crippen LogP contribution in [-0.4, -0.2) is 15.0 Å². The summed E-state index contributed by atoms with van der Waals surface area (Å²) in [6, 6.07) is 15.1. The van der Waals surface area contributed by atoms with Crippen LogP contribution in [0.2, 0.25) is 0 Å². The molecule has 0 fully saturated rings. The van der Waals surface area contributed by atoms with Crippen LogP contribution in [0.1, 0.15) is 18.1 Å². The Bertz CT molecular complexity index is 696. The highest BCUT2D eigenvalue weighted by Crippen LogP contribution is 2.20. The van der Waals surface area contributed by atoms with Crippen LogP contribution in [0.25, 0.3) is 0 Å². The molecule has 2 aromatic carbocycles. The Balaban J connectivity index is 1.97. The van der Waals surface area contributed by atoms with Gasteiger partial charge in [0.1, 0.15) is 0 Å². The van der Waals surface area contributed by atoms with E-state index in [9.17, 15) is 8.42 Å². The molecule has 2 aromatic rings. The minimum atomic E-state index is -3.47. The van der Waals surface area contributed by atoms with Crippen molar-refractivity contribution in [2.75, 3.05) is 6.54 Å². The van der Waals surface area contributed by atoms with Gasteiger partial charge in [-0.15, -0.1) is 0 Å². The van der Waals surface area contributed by atoms with Crippen LogP contribution in [-0.2, 0) is 22.9 Å². The van der Waals surface area contributed by atoms with E-state index in [-0.39, 0.29) is 4.90 Å². The Labute approximate surface area is 134 Å². The fourth-order valence-electron chi connectivity index (χ4n) is 2.01. The summed E-state index contributed by atoms with van der Waals surface area (Å²) in [7, 11) is -3.47. The average molecular weight is 368 g/mol. The largest absolute Gasteiger partial charge is 0.241 e. The molecule has 0 bridgehead atoms. The van der Waals surface area contributed by atoms with E-state index in [1.807, 2.05) is 12.1 Å². The van der Waals surface area contributed by atoms with Gasteiger partial charge in [0.25, 0.3) is 0 Å². The van der Waals surface area contributed by atoms with Gasteiger partial charge in [0.05, 0.1) is 4.90 Å². The van der Waals surface area contributed by atoms with Gasteiger partial charge in [-0.1, -0.05) is 43.3 Å². The van der Waals surface area contributed by atoms with Crippen LogP contribution in [0.5, 0.6) is 0 Å². The predicted molar refractivity (Wildman–Crippen MR) is 88.9 cm³/mol. The zero-order valence-corrected chi connectivity index (χ0v) is 14.2. The summed E-state index contributed by atoms with van der Waals surface area (Å²) in [6.45, 7) is 2.50.